The van der Waals surface area contributed by atoms with Crippen LogP contribution in [0.2, 0.25) is 0 Å². The van der Waals surface area contributed by atoms with Gasteiger partial charge in [-0.3, -0.25) is 0 Å². The molecule has 0 fully saturated rings. The van der Waals surface area contributed by atoms with Crippen molar-refractivity contribution in [3.63, 3.8) is 0 Å². The molecule has 0 aliphatic heterocycles. The van der Waals surface area contributed by atoms with Gasteiger partial charge < -0.3 is 15.2 Å². The first-order valence-corrected chi connectivity index (χ1v) is 7.05. The van der Waals surface area contributed by atoms with Crippen molar-refractivity contribution in [1.82, 2.24) is 10.3 Å². The molecular weight excluding hydrogens is 276 g/mol. The number of rotatable bonds is 7. The molecule has 0 unspecified atom stereocenters. The number of aryl methyl sites for hydroxylation is 1. The van der Waals surface area contributed by atoms with Crippen LogP contribution in [0.25, 0.3) is 0 Å². The summed E-state index contributed by atoms with van der Waals surface area (Å²) in [6, 6.07) is 6.39. The third kappa shape index (κ3) is 4.32. The number of thiazole rings is 1. The Kier molecular flexibility index (Phi) is 5.09. The zero-order chi connectivity index (χ0) is 14.4. The molecule has 20 heavy (non-hydrogen) atoms. The quantitative estimate of drug-likeness (QED) is 0.766. The van der Waals surface area contributed by atoms with Gasteiger partial charge in [0.25, 0.3) is 0 Å². The van der Waals surface area contributed by atoms with Crippen LogP contribution in [0.1, 0.15) is 20.2 Å². The summed E-state index contributed by atoms with van der Waals surface area (Å²) in [5.41, 5.74) is 0.260. The van der Waals surface area contributed by atoms with Crippen molar-refractivity contribution in [3.05, 3.63) is 45.9 Å². The number of nitrogens with one attached hydrogen (secondary N) is 1. The van der Waals surface area contributed by atoms with Gasteiger partial charge in [-0.05, 0) is 31.2 Å². The fraction of sp³-hybridized carbons (Fsp3) is 0.286. The number of ether oxygens (including phenoxy) is 1. The minimum absolute atomic E-state index is 0.260. The highest BCUT2D eigenvalue weighted by atomic mass is 32.1. The number of hydrogen-bond donors (Lipinski definition) is 2. The molecular formula is C14H16N2O3S. The third-order valence-corrected chi connectivity index (χ3v) is 3.53. The molecule has 2 rings (SSSR count). The zero-order valence-corrected chi connectivity index (χ0v) is 11.9. The van der Waals surface area contributed by atoms with E-state index >= 15 is 0 Å². The lowest BCUT2D eigenvalue weighted by molar-refractivity contribution is 0.0697. The Hall–Kier alpha value is -1.92. The van der Waals surface area contributed by atoms with Crippen molar-refractivity contribution >= 4 is 17.3 Å². The van der Waals surface area contributed by atoms with E-state index in [2.05, 4.69) is 10.3 Å². The minimum Gasteiger partial charge on any atom is -0.492 e. The van der Waals surface area contributed by atoms with Gasteiger partial charge in [-0.25, -0.2) is 9.78 Å². The molecule has 1 aromatic carbocycles. The summed E-state index contributed by atoms with van der Waals surface area (Å²) in [6.45, 7) is 4.02. The molecule has 106 valence electrons. The fourth-order valence-electron chi connectivity index (χ4n) is 1.63. The van der Waals surface area contributed by atoms with Crippen LogP contribution in [0.5, 0.6) is 5.75 Å². The van der Waals surface area contributed by atoms with Crippen LogP contribution in [-0.4, -0.2) is 29.2 Å². The predicted molar refractivity (Wildman–Crippen MR) is 77.5 cm³/mol. The lowest BCUT2D eigenvalue weighted by Crippen LogP contribution is -2.20. The number of nitrogens with zero attached hydrogens (tertiary/aromatic N) is 1. The van der Waals surface area contributed by atoms with E-state index in [9.17, 15) is 4.79 Å². The van der Waals surface area contributed by atoms with Crippen molar-refractivity contribution in [2.75, 3.05) is 13.2 Å². The van der Waals surface area contributed by atoms with E-state index in [-0.39, 0.29) is 5.56 Å². The molecule has 0 radical (unpaired) electrons. The van der Waals surface area contributed by atoms with Gasteiger partial charge in [0.05, 0.1) is 10.6 Å². The summed E-state index contributed by atoms with van der Waals surface area (Å²) < 4.78 is 5.52. The van der Waals surface area contributed by atoms with E-state index in [1.807, 2.05) is 13.1 Å². The van der Waals surface area contributed by atoms with Gasteiger partial charge in [0.2, 0.25) is 0 Å². The Labute approximate surface area is 121 Å². The van der Waals surface area contributed by atoms with Gasteiger partial charge in [0.1, 0.15) is 12.4 Å². The zero-order valence-electron chi connectivity index (χ0n) is 11.1. The molecule has 0 amide bonds. The maximum atomic E-state index is 10.7. The number of carbonyl (C=O) groups is 1. The summed E-state index contributed by atoms with van der Waals surface area (Å²) in [5, 5.41) is 13.1. The Balaban J connectivity index is 1.66. The number of aromatic nitrogens is 1. The Morgan fingerprint density at radius 2 is 2.15 bits per heavy atom. The topological polar surface area (TPSA) is 71.5 Å². The highest BCUT2D eigenvalue weighted by molar-refractivity contribution is 7.11. The molecule has 1 heterocycles. The van der Waals surface area contributed by atoms with E-state index in [1.54, 1.807) is 23.5 Å². The molecule has 2 aromatic rings. The second-order valence-electron chi connectivity index (χ2n) is 4.20. The molecule has 0 saturated carbocycles. The van der Waals surface area contributed by atoms with Crippen molar-refractivity contribution in [3.8, 4) is 5.75 Å². The van der Waals surface area contributed by atoms with E-state index in [1.165, 1.54) is 17.0 Å². The SMILES string of the molecule is Cc1ncc(CNCCOc2ccc(C(=O)O)cc2)s1. The van der Waals surface area contributed by atoms with E-state index in [0.717, 1.165) is 18.1 Å². The average Bonchev–Trinajstić information content (AvgIpc) is 2.84. The van der Waals surface area contributed by atoms with Gasteiger partial charge >= 0.3 is 5.97 Å². The van der Waals surface area contributed by atoms with E-state index in [4.69, 9.17) is 9.84 Å². The first-order valence-electron chi connectivity index (χ1n) is 6.23. The van der Waals surface area contributed by atoms with Crippen molar-refractivity contribution in [2.45, 2.75) is 13.5 Å². The first kappa shape index (κ1) is 14.5. The molecule has 0 atom stereocenters. The van der Waals surface area contributed by atoms with Crippen LogP contribution in [-0.2, 0) is 6.54 Å². The number of carboxylic acids is 1. The summed E-state index contributed by atoms with van der Waals surface area (Å²) in [6.07, 6.45) is 1.87. The lowest BCUT2D eigenvalue weighted by Gasteiger charge is -2.07. The van der Waals surface area contributed by atoms with Crippen LogP contribution in [0.3, 0.4) is 0 Å². The Morgan fingerprint density at radius 1 is 1.40 bits per heavy atom. The highest BCUT2D eigenvalue weighted by Crippen LogP contribution is 2.12. The average molecular weight is 292 g/mol. The lowest BCUT2D eigenvalue weighted by atomic mass is 10.2. The maximum Gasteiger partial charge on any atom is 0.335 e. The van der Waals surface area contributed by atoms with Crippen LogP contribution in [0, 0.1) is 6.92 Å². The molecule has 2 N–H and O–H groups in total. The molecule has 0 bridgehead atoms. The minimum atomic E-state index is -0.932. The van der Waals surface area contributed by atoms with E-state index in [0.29, 0.717) is 12.4 Å². The maximum absolute atomic E-state index is 10.7. The standard InChI is InChI=1S/C14H16N2O3S/c1-10-16-9-13(20-10)8-15-6-7-19-12-4-2-11(3-5-12)14(17)18/h2-5,9,15H,6-8H2,1H3,(H,17,18). The second kappa shape index (κ2) is 7.02. The molecule has 1 aromatic heterocycles. The van der Waals surface area contributed by atoms with Crippen molar-refractivity contribution in [2.24, 2.45) is 0 Å². The van der Waals surface area contributed by atoms with E-state index < -0.39 is 5.97 Å². The highest BCUT2D eigenvalue weighted by Gasteiger charge is 2.02. The van der Waals surface area contributed by atoms with Gasteiger partial charge in [-0.2, -0.15) is 0 Å². The van der Waals surface area contributed by atoms with Crippen molar-refractivity contribution in [1.29, 1.82) is 0 Å². The van der Waals surface area contributed by atoms with Crippen LogP contribution < -0.4 is 10.1 Å². The van der Waals surface area contributed by atoms with Gasteiger partial charge in [-0.15, -0.1) is 11.3 Å². The van der Waals surface area contributed by atoms with Crippen LogP contribution in [0.4, 0.5) is 0 Å². The second-order valence-corrected chi connectivity index (χ2v) is 5.52. The van der Waals surface area contributed by atoms with Gasteiger partial charge in [0, 0.05) is 24.2 Å². The Morgan fingerprint density at radius 3 is 2.75 bits per heavy atom. The first-order chi connectivity index (χ1) is 9.65. The molecule has 5 nitrogen and oxygen atoms in total. The molecule has 0 aliphatic rings. The number of carboxylic acid groups (broad SMARTS) is 1. The normalized spacial score (nSPS) is 10.4. The van der Waals surface area contributed by atoms with Crippen molar-refractivity contribution < 1.29 is 14.6 Å². The molecule has 0 aliphatic carbocycles. The molecule has 6 heteroatoms. The summed E-state index contributed by atoms with van der Waals surface area (Å²) in [7, 11) is 0. The summed E-state index contributed by atoms with van der Waals surface area (Å²) >= 11 is 1.68. The summed E-state index contributed by atoms with van der Waals surface area (Å²) in [5.74, 6) is -0.261. The van der Waals surface area contributed by atoms with Crippen LogP contribution in [0.15, 0.2) is 30.5 Å². The van der Waals surface area contributed by atoms with Crippen LogP contribution >= 0.6 is 11.3 Å². The number of aromatic carboxylic acids is 1. The monoisotopic (exact) mass is 292 g/mol. The molecule has 0 saturated heterocycles. The number of hydrogen-bond acceptors (Lipinski definition) is 5. The molecule has 0 spiro atoms. The largest absolute Gasteiger partial charge is 0.492 e. The smallest absolute Gasteiger partial charge is 0.335 e. The number of benzene rings is 1. The predicted octanol–water partition coefficient (Wildman–Crippen LogP) is 2.32. The van der Waals surface area contributed by atoms with Gasteiger partial charge in [-0.1, -0.05) is 0 Å². The summed E-state index contributed by atoms with van der Waals surface area (Å²) in [4.78, 5) is 16.1. The van der Waals surface area contributed by atoms with Gasteiger partial charge in [0.15, 0.2) is 0 Å². The fourth-order valence-corrected chi connectivity index (χ4v) is 2.40. The third-order valence-electron chi connectivity index (χ3n) is 2.62. The Bertz CT molecular complexity index is 566.